The van der Waals surface area contributed by atoms with Gasteiger partial charge in [0, 0.05) is 19.1 Å². The number of esters is 1. The van der Waals surface area contributed by atoms with Crippen molar-refractivity contribution in [2.75, 3.05) is 19.6 Å². The molecule has 1 unspecified atom stereocenters. The van der Waals surface area contributed by atoms with Crippen LogP contribution in [-0.2, 0) is 14.3 Å². The van der Waals surface area contributed by atoms with Gasteiger partial charge in [-0.05, 0) is 67.3 Å². The van der Waals surface area contributed by atoms with E-state index in [0.29, 0.717) is 19.6 Å². The summed E-state index contributed by atoms with van der Waals surface area (Å²) < 4.78 is 10.3. The van der Waals surface area contributed by atoms with E-state index >= 15 is 0 Å². The summed E-state index contributed by atoms with van der Waals surface area (Å²) in [6, 6.07) is -0.0230. The van der Waals surface area contributed by atoms with Crippen LogP contribution in [-0.4, -0.2) is 60.2 Å². The lowest BCUT2D eigenvalue weighted by Gasteiger charge is -2.21. The summed E-state index contributed by atoms with van der Waals surface area (Å²) in [5.74, 6) is -0.605. The Bertz CT molecular complexity index is 444. The first-order valence-electron chi connectivity index (χ1n) is 9.64. The Morgan fingerprint density at radius 1 is 0.963 bits per heavy atom. The molecule has 0 spiro atoms. The Hall–Kier alpha value is -1.38. The number of unbranched alkanes of at least 4 members (excludes halogenated alkanes) is 1. The van der Waals surface area contributed by atoms with Gasteiger partial charge < -0.3 is 30.9 Å². The summed E-state index contributed by atoms with van der Waals surface area (Å²) in [6.07, 6.45) is 1.27. The number of carbonyl (C=O) groups is 2. The molecule has 0 aromatic carbocycles. The summed E-state index contributed by atoms with van der Waals surface area (Å²) in [4.78, 5) is 23.1. The number of rotatable bonds is 11. The maximum Gasteiger partial charge on any atom is 0.407 e. The van der Waals surface area contributed by atoms with E-state index in [4.69, 9.17) is 15.2 Å². The van der Waals surface area contributed by atoms with Crippen LogP contribution in [0.1, 0.15) is 67.2 Å². The molecular weight excluding hydrogens is 350 g/mol. The predicted octanol–water partition coefficient (Wildman–Crippen LogP) is 1.69. The van der Waals surface area contributed by atoms with Crippen molar-refractivity contribution in [2.24, 2.45) is 5.73 Å². The zero-order chi connectivity index (χ0) is 21.1. The SMILES string of the molecule is CC(C)(C)OC(=O)NCCCC[C@H](N)CNCCC(O)C(=O)OC(C)(C)C. The topological polar surface area (TPSA) is 123 Å². The molecule has 0 saturated heterocycles. The van der Waals surface area contributed by atoms with E-state index < -0.39 is 29.4 Å². The molecule has 0 saturated carbocycles. The minimum absolute atomic E-state index is 0.0230. The average Bonchev–Trinajstić information content (AvgIpc) is 2.47. The zero-order valence-electron chi connectivity index (χ0n) is 17.8. The highest BCUT2D eigenvalue weighted by molar-refractivity contribution is 5.74. The van der Waals surface area contributed by atoms with Crippen molar-refractivity contribution < 1.29 is 24.2 Å². The molecule has 1 amide bonds. The van der Waals surface area contributed by atoms with Crippen LogP contribution in [0.25, 0.3) is 0 Å². The van der Waals surface area contributed by atoms with Gasteiger partial charge in [-0.25, -0.2) is 9.59 Å². The van der Waals surface area contributed by atoms with Crippen LogP contribution >= 0.6 is 0 Å². The van der Waals surface area contributed by atoms with Crippen molar-refractivity contribution in [1.82, 2.24) is 10.6 Å². The van der Waals surface area contributed by atoms with Gasteiger partial charge in [0.25, 0.3) is 0 Å². The molecule has 2 atom stereocenters. The minimum atomic E-state index is -1.13. The third-order valence-corrected chi connectivity index (χ3v) is 3.35. The standard InChI is InChI=1S/C19H39N3O5/c1-18(2,3)26-16(24)15(23)10-12-21-13-14(20)9-7-8-11-22-17(25)27-19(4,5)6/h14-15,21,23H,7-13,20H2,1-6H3,(H,22,25)/t14-,15?/m0/s1. The van der Waals surface area contributed by atoms with Crippen molar-refractivity contribution in [3.8, 4) is 0 Å². The first kappa shape index (κ1) is 25.6. The molecule has 160 valence electrons. The number of amides is 1. The molecule has 27 heavy (non-hydrogen) atoms. The Labute approximate surface area is 163 Å². The van der Waals surface area contributed by atoms with Gasteiger partial charge in [-0.1, -0.05) is 6.42 Å². The fourth-order valence-electron chi connectivity index (χ4n) is 2.15. The Kier molecular flexibility index (Phi) is 11.5. The minimum Gasteiger partial charge on any atom is -0.458 e. The van der Waals surface area contributed by atoms with Crippen LogP contribution in [0.5, 0.6) is 0 Å². The fraction of sp³-hybridized carbons (Fsp3) is 0.895. The average molecular weight is 390 g/mol. The molecule has 0 aromatic rings. The normalized spacial score (nSPS) is 14.4. The lowest BCUT2D eigenvalue weighted by Crippen LogP contribution is -2.37. The van der Waals surface area contributed by atoms with Gasteiger partial charge in [-0.3, -0.25) is 0 Å². The van der Waals surface area contributed by atoms with Crippen LogP contribution in [0.4, 0.5) is 4.79 Å². The van der Waals surface area contributed by atoms with Crippen LogP contribution < -0.4 is 16.4 Å². The molecule has 0 aromatic heterocycles. The predicted molar refractivity (Wildman–Crippen MR) is 105 cm³/mol. The number of nitrogens with one attached hydrogen (secondary N) is 2. The lowest BCUT2D eigenvalue weighted by molar-refractivity contribution is -0.165. The van der Waals surface area contributed by atoms with E-state index in [1.54, 1.807) is 20.8 Å². The Balaban J connectivity index is 3.68. The van der Waals surface area contributed by atoms with Crippen LogP contribution in [0.3, 0.4) is 0 Å². The van der Waals surface area contributed by atoms with Crippen molar-refractivity contribution in [3.63, 3.8) is 0 Å². The van der Waals surface area contributed by atoms with E-state index in [-0.39, 0.29) is 12.5 Å². The largest absolute Gasteiger partial charge is 0.458 e. The summed E-state index contributed by atoms with van der Waals surface area (Å²) in [7, 11) is 0. The maximum absolute atomic E-state index is 11.7. The summed E-state index contributed by atoms with van der Waals surface area (Å²) >= 11 is 0. The molecule has 0 aliphatic rings. The third-order valence-electron chi connectivity index (χ3n) is 3.35. The molecule has 0 heterocycles. The Morgan fingerprint density at radius 2 is 1.56 bits per heavy atom. The molecule has 0 aliphatic carbocycles. The van der Waals surface area contributed by atoms with Gasteiger partial charge in [0.05, 0.1) is 0 Å². The number of nitrogens with two attached hydrogens (primary N) is 1. The highest BCUT2D eigenvalue weighted by atomic mass is 16.6. The second-order valence-electron chi connectivity index (χ2n) is 8.73. The van der Waals surface area contributed by atoms with Gasteiger partial charge in [-0.15, -0.1) is 0 Å². The van der Waals surface area contributed by atoms with Crippen molar-refractivity contribution in [2.45, 2.75) is 90.6 Å². The third kappa shape index (κ3) is 16.5. The monoisotopic (exact) mass is 389 g/mol. The van der Waals surface area contributed by atoms with Gasteiger partial charge in [0.1, 0.15) is 11.2 Å². The molecule has 8 nitrogen and oxygen atoms in total. The number of aliphatic hydroxyl groups excluding tert-OH is 1. The van der Waals surface area contributed by atoms with E-state index in [1.807, 2.05) is 20.8 Å². The second-order valence-corrected chi connectivity index (χ2v) is 8.73. The van der Waals surface area contributed by atoms with Crippen LogP contribution in [0.2, 0.25) is 0 Å². The molecule has 5 N–H and O–H groups in total. The van der Waals surface area contributed by atoms with Gasteiger partial charge in [-0.2, -0.15) is 0 Å². The quantitative estimate of drug-likeness (QED) is 0.313. The number of carbonyl (C=O) groups excluding carboxylic acids is 2. The fourth-order valence-corrected chi connectivity index (χ4v) is 2.15. The van der Waals surface area contributed by atoms with Crippen LogP contribution in [0, 0.1) is 0 Å². The molecule has 0 radical (unpaired) electrons. The summed E-state index contributed by atoms with van der Waals surface area (Å²) in [5, 5.41) is 15.6. The number of hydrogen-bond donors (Lipinski definition) is 4. The molecule has 0 rings (SSSR count). The van der Waals surface area contributed by atoms with Crippen molar-refractivity contribution in [3.05, 3.63) is 0 Å². The highest BCUT2D eigenvalue weighted by Gasteiger charge is 2.22. The molecule has 0 bridgehead atoms. The van der Waals surface area contributed by atoms with Crippen LogP contribution in [0.15, 0.2) is 0 Å². The zero-order valence-corrected chi connectivity index (χ0v) is 17.8. The van der Waals surface area contributed by atoms with Gasteiger partial charge in [0.15, 0.2) is 6.10 Å². The Morgan fingerprint density at radius 3 is 2.11 bits per heavy atom. The van der Waals surface area contributed by atoms with E-state index in [0.717, 1.165) is 19.3 Å². The number of ether oxygens (including phenoxy) is 2. The smallest absolute Gasteiger partial charge is 0.407 e. The van der Waals surface area contributed by atoms with Gasteiger partial charge >= 0.3 is 12.1 Å². The van der Waals surface area contributed by atoms with E-state index in [9.17, 15) is 14.7 Å². The van der Waals surface area contributed by atoms with Crippen molar-refractivity contribution >= 4 is 12.1 Å². The summed E-state index contributed by atoms with van der Waals surface area (Å²) in [6.45, 7) is 12.4. The van der Waals surface area contributed by atoms with Crippen molar-refractivity contribution in [1.29, 1.82) is 0 Å². The lowest BCUT2D eigenvalue weighted by atomic mass is 10.1. The second kappa shape index (κ2) is 12.2. The first-order chi connectivity index (χ1) is 12.3. The van der Waals surface area contributed by atoms with E-state index in [1.165, 1.54) is 0 Å². The number of alkyl carbamates (subject to hydrolysis) is 1. The molecular formula is C19H39N3O5. The molecule has 0 aliphatic heterocycles. The summed E-state index contributed by atoms with van der Waals surface area (Å²) in [5.41, 5.74) is 4.93. The maximum atomic E-state index is 11.7. The molecule has 8 heteroatoms. The first-order valence-corrected chi connectivity index (χ1v) is 9.64. The van der Waals surface area contributed by atoms with E-state index in [2.05, 4.69) is 10.6 Å². The number of hydrogen-bond acceptors (Lipinski definition) is 7. The molecule has 0 fully saturated rings. The number of aliphatic hydroxyl groups is 1. The van der Waals surface area contributed by atoms with Gasteiger partial charge in [0.2, 0.25) is 0 Å². The highest BCUT2D eigenvalue weighted by Crippen LogP contribution is 2.09.